The summed E-state index contributed by atoms with van der Waals surface area (Å²) in [4.78, 5) is 0. The van der Waals surface area contributed by atoms with Gasteiger partial charge in [0.1, 0.15) is 0 Å². The van der Waals surface area contributed by atoms with Crippen molar-refractivity contribution in [1.82, 2.24) is 0 Å². The van der Waals surface area contributed by atoms with Crippen molar-refractivity contribution < 1.29 is 52.7 Å². The Bertz CT molecular complexity index is 171. The number of ether oxygens (including phenoxy) is 1. The third-order valence-corrected chi connectivity index (χ3v) is 1.57. The van der Waals surface area contributed by atoms with Crippen LogP contribution in [-0.4, -0.2) is 36.9 Å². The van der Waals surface area contributed by atoms with Crippen LogP contribution in [0, 0.1) is 0 Å². The van der Waals surface area contributed by atoms with Gasteiger partial charge in [0, 0.05) is 0 Å². The maximum atomic E-state index is 9.85. The first-order valence-corrected chi connectivity index (χ1v) is 3.71. The Kier molecular flexibility index (Phi) is 6.25. The van der Waals surface area contributed by atoms with Crippen molar-refractivity contribution in [2.24, 2.45) is 0 Å². The third kappa shape index (κ3) is 6.94. The van der Waals surface area contributed by atoms with Crippen LogP contribution in [0.2, 0.25) is 0 Å². The van der Waals surface area contributed by atoms with Crippen LogP contribution >= 0.6 is 0 Å². The van der Waals surface area contributed by atoms with Crippen LogP contribution < -0.4 is 29.6 Å². The third-order valence-electron chi connectivity index (χ3n) is 0.792. The first-order valence-electron chi connectivity index (χ1n) is 2.13. The van der Waals surface area contributed by atoms with Gasteiger partial charge in [0.25, 0.3) is 0 Å². The van der Waals surface area contributed by atoms with Crippen molar-refractivity contribution in [2.45, 2.75) is 6.10 Å². The molecule has 0 spiro atoms. The molecule has 0 aromatic heterocycles. The molecule has 0 aromatic rings. The molecule has 0 aliphatic carbocycles. The number of epoxide rings is 1. The van der Waals surface area contributed by atoms with Crippen molar-refractivity contribution >= 4 is 10.1 Å². The molecule has 0 radical (unpaired) electrons. The van der Waals surface area contributed by atoms with Gasteiger partial charge in [0.2, 0.25) is 0 Å². The van der Waals surface area contributed by atoms with Gasteiger partial charge in [-0.15, -0.1) is 0 Å². The molecule has 7 heteroatoms. The van der Waals surface area contributed by atoms with Crippen molar-refractivity contribution in [3.63, 3.8) is 0 Å². The van der Waals surface area contributed by atoms with E-state index in [1.165, 1.54) is 0 Å². The minimum absolute atomic E-state index is 0. The summed E-state index contributed by atoms with van der Waals surface area (Å²) in [6, 6.07) is 0. The molecule has 0 amide bonds. The van der Waals surface area contributed by atoms with Gasteiger partial charge in [-0.1, -0.05) is 0 Å². The molecule has 1 atom stereocenters. The first kappa shape index (κ1) is 13.4. The Hall–Kier alpha value is 0.830. The topological polar surface area (TPSA) is 101 Å². The smallest absolute Gasteiger partial charge is 0.748 e. The summed E-state index contributed by atoms with van der Waals surface area (Å²) in [6.45, 7) is 0.418. The Balaban J connectivity index is 0. The second-order valence-corrected chi connectivity index (χ2v) is 3.13. The molecule has 1 aliphatic rings. The number of hydrogen-bond donors (Lipinski definition) is 0. The largest absolute Gasteiger partial charge is 1.00 e. The maximum Gasteiger partial charge on any atom is 1.00 e. The Morgan fingerprint density at radius 3 is 2.10 bits per heavy atom. The molecular weight excluding hydrogens is 171 g/mol. The van der Waals surface area contributed by atoms with Gasteiger partial charge in [-0.3, -0.25) is 0 Å². The molecular formula is C3H7NaO5S. The zero-order valence-electron chi connectivity index (χ0n) is 5.53. The fourth-order valence-corrected chi connectivity index (χ4v) is 1.04. The molecule has 1 rings (SSSR count). The van der Waals surface area contributed by atoms with E-state index in [9.17, 15) is 13.0 Å². The van der Waals surface area contributed by atoms with Crippen LogP contribution in [0.4, 0.5) is 0 Å². The van der Waals surface area contributed by atoms with Gasteiger partial charge in [0.05, 0.1) is 28.6 Å². The van der Waals surface area contributed by atoms with Crippen LogP contribution in [0.1, 0.15) is 0 Å². The van der Waals surface area contributed by atoms with E-state index in [1.54, 1.807) is 0 Å². The molecule has 0 aromatic carbocycles. The van der Waals surface area contributed by atoms with Gasteiger partial charge in [-0.25, -0.2) is 8.42 Å². The van der Waals surface area contributed by atoms with E-state index in [2.05, 4.69) is 4.74 Å². The fraction of sp³-hybridized carbons (Fsp3) is 1.00. The average molecular weight is 178 g/mol. The number of rotatable bonds is 2. The average Bonchev–Trinajstić information content (AvgIpc) is 2.12. The first-order chi connectivity index (χ1) is 3.58. The molecule has 2 N–H and O–H groups in total. The molecule has 56 valence electrons. The molecule has 1 unspecified atom stereocenters. The molecule has 1 saturated heterocycles. The molecule has 1 heterocycles. The van der Waals surface area contributed by atoms with Crippen molar-refractivity contribution in [2.75, 3.05) is 12.4 Å². The van der Waals surface area contributed by atoms with E-state index >= 15 is 0 Å². The molecule has 1 aliphatic heterocycles. The summed E-state index contributed by atoms with van der Waals surface area (Å²) in [6.07, 6.45) is -0.308. The molecule has 10 heavy (non-hydrogen) atoms. The van der Waals surface area contributed by atoms with Crippen LogP contribution in [0.15, 0.2) is 0 Å². The van der Waals surface area contributed by atoms with E-state index in [0.29, 0.717) is 6.61 Å². The Labute approximate surface area is 81.1 Å². The van der Waals surface area contributed by atoms with Gasteiger partial charge < -0.3 is 14.8 Å². The summed E-state index contributed by atoms with van der Waals surface area (Å²) in [5.74, 6) is -0.368. The predicted octanol–water partition coefficient (Wildman–Crippen LogP) is -4.89. The maximum absolute atomic E-state index is 9.85. The minimum atomic E-state index is -4.04. The van der Waals surface area contributed by atoms with Crippen LogP contribution in [-0.2, 0) is 14.9 Å². The van der Waals surface area contributed by atoms with E-state index in [1.807, 2.05) is 0 Å². The summed E-state index contributed by atoms with van der Waals surface area (Å²) in [7, 11) is -4.04. The second kappa shape index (κ2) is 4.66. The van der Waals surface area contributed by atoms with E-state index in [-0.39, 0.29) is 46.9 Å². The zero-order valence-corrected chi connectivity index (χ0v) is 8.35. The molecule has 1 fully saturated rings. The van der Waals surface area contributed by atoms with Crippen LogP contribution in [0.25, 0.3) is 0 Å². The Morgan fingerprint density at radius 1 is 1.60 bits per heavy atom. The van der Waals surface area contributed by atoms with E-state index in [4.69, 9.17) is 0 Å². The van der Waals surface area contributed by atoms with Gasteiger partial charge in [-0.05, 0) is 0 Å². The van der Waals surface area contributed by atoms with Crippen LogP contribution in [0.3, 0.4) is 0 Å². The standard InChI is InChI=1S/C3H6O4S.Na.H2O/c4-8(5,6)2-3-1-7-3;;/h3H,1-2H2,(H,4,5,6);;1H2/q;+1;/p-1. The molecule has 0 bridgehead atoms. The SMILES string of the molecule is O.O=S(=O)([O-])CC1CO1.[Na+]. The molecule has 0 saturated carbocycles. The van der Waals surface area contributed by atoms with Gasteiger partial charge in [-0.2, -0.15) is 0 Å². The van der Waals surface area contributed by atoms with E-state index < -0.39 is 10.1 Å². The monoisotopic (exact) mass is 178 g/mol. The Morgan fingerprint density at radius 2 is 2.00 bits per heavy atom. The normalized spacial score (nSPS) is 22.3. The summed E-state index contributed by atoms with van der Waals surface area (Å²) in [5, 5.41) is 0. The summed E-state index contributed by atoms with van der Waals surface area (Å²) >= 11 is 0. The quantitative estimate of drug-likeness (QED) is 0.240. The zero-order chi connectivity index (χ0) is 6.20. The predicted molar refractivity (Wildman–Crippen MR) is 27.9 cm³/mol. The number of hydrogen-bond acceptors (Lipinski definition) is 4. The van der Waals surface area contributed by atoms with Gasteiger partial charge in [0.15, 0.2) is 0 Å². The molecule has 5 nitrogen and oxygen atoms in total. The fourth-order valence-electron chi connectivity index (χ4n) is 0.392. The van der Waals surface area contributed by atoms with Crippen molar-refractivity contribution in [3.05, 3.63) is 0 Å². The van der Waals surface area contributed by atoms with Gasteiger partial charge >= 0.3 is 29.6 Å². The van der Waals surface area contributed by atoms with E-state index in [0.717, 1.165) is 0 Å². The summed E-state index contributed by atoms with van der Waals surface area (Å²) in [5.41, 5.74) is 0. The van der Waals surface area contributed by atoms with Crippen molar-refractivity contribution in [1.29, 1.82) is 0 Å². The van der Waals surface area contributed by atoms with Crippen LogP contribution in [0.5, 0.6) is 0 Å². The second-order valence-electron chi connectivity index (χ2n) is 1.68. The van der Waals surface area contributed by atoms with Crippen molar-refractivity contribution in [3.8, 4) is 0 Å². The summed E-state index contributed by atoms with van der Waals surface area (Å²) < 4.78 is 34.0. The minimum Gasteiger partial charge on any atom is -0.748 e.